The Morgan fingerprint density at radius 2 is 1.67 bits per heavy atom. The van der Waals surface area contributed by atoms with Gasteiger partial charge in [0.05, 0.1) is 0 Å². The van der Waals surface area contributed by atoms with Crippen LogP contribution >= 0.6 is 0 Å². The minimum Gasteiger partial charge on any atom is -0.314 e. The molecule has 1 N–H and O–H groups in total. The van der Waals surface area contributed by atoms with E-state index in [0.717, 1.165) is 19.6 Å². The summed E-state index contributed by atoms with van der Waals surface area (Å²) >= 11 is 0. The molecular weight excluding hydrogens is 184 g/mol. The van der Waals surface area contributed by atoms with Gasteiger partial charge in [0.1, 0.15) is 0 Å². The summed E-state index contributed by atoms with van der Waals surface area (Å²) in [6.45, 7) is 18.3. The predicted octanol–water partition coefficient (Wildman–Crippen LogP) is 2.74. The van der Waals surface area contributed by atoms with E-state index in [2.05, 4.69) is 51.8 Å². The van der Waals surface area contributed by atoms with Crippen molar-refractivity contribution in [2.45, 2.75) is 54.0 Å². The van der Waals surface area contributed by atoms with Gasteiger partial charge in [-0.3, -0.25) is 0 Å². The first-order valence-corrected chi connectivity index (χ1v) is 6.43. The van der Waals surface area contributed by atoms with E-state index in [9.17, 15) is 0 Å². The van der Waals surface area contributed by atoms with Gasteiger partial charge < -0.3 is 10.2 Å². The molecule has 1 unspecified atom stereocenters. The molecule has 0 heterocycles. The first kappa shape index (κ1) is 14.9. The van der Waals surface area contributed by atoms with Gasteiger partial charge in [-0.2, -0.15) is 0 Å². The Bertz CT molecular complexity index is 151. The fourth-order valence-electron chi connectivity index (χ4n) is 1.80. The molecule has 1 atom stereocenters. The van der Waals surface area contributed by atoms with E-state index in [1.54, 1.807) is 0 Å². The molecular formula is C13H30N2. The van der Waals surface area contributed by atoms with Crippen LogP contribution in [0.4, 0.5) is 0 Å². The smallest absolute Gasteiger partial charge is 0.0102 e. The van der Waals surface area contributed by atoms with E-state index in [1.807, 2.05) is 0 Å². The summed E-state index contributed by atoms with van der Waals surface area (Å²) in [6, 6.07) is 0.582. The third kappa shape index (κ3) is 5.53. The molecule has 92 valence electrons. The summed E-state index contributed by atoms with van der Waals surface area (Å²) in [5, 5.41) is 3.60. The molecule has 0 aromatic heterocycles. The van der Waals surface area contributed by atoms with Crippen LogP contribution in [-0.4, -0.2) is 37.1 Å². The molecule has 0 spiro atoms. The van der Waals surface area contributed by atoms with Gasteiger partial charge in [-0.15, -0.1) is 0 Å². The van der Waals surface area contributed by atoms with E-state index in [4.69, 9.17) is 0 Å². The van der Waals surface area contributed by atoms with Crippen LogP contribution in [-0.2, 0) is 0 Å². The predicted molar refractivity (Wildman–Crippen MR) is 69.3 cm³/mol. The van der Waals surface area contributed by atoms with Crippen molar-refractivity contribution in [1.29, 1.82) is 0 Å². The lowest BCUT2D eigenvalue weighted by Gasteiger charge is -2.37. The molecule has 2 nitrogen and oxygen atoms in total. The molecule has 0 aromatic rings. The lowest BCUT2D eigenvalue weighted by Crippen LogP contribution is -2.46. The van der Waals surface area contributed by atoms with E-state index in [0.29, 0.717) is 11.5 Å². The highest BCUT2D eigenvalue weighted by atomic mass is 15.1. The fourth-order valence-corrected chi connectivity index (χ4v) is 1.80. The van der Waals surface area contributed by atoms with Gasteiger partial charge in [-0.1, -0.05) is 34.6 Å². The zero-order chi connectivity index (χ0) is 11.9. The molecule has 15 heavy (non-hydrogen) atoms. The Morgan fingerprint density at radius 1 is 1.13 bits per heavy atom. The number of nitrogens with zero attached hydrogens (tertiary/aromatic N) is 1. The summed E-state index contributed by atoms with van der Waals surface area (Å²) in [6.07, 6.45) is 1.21. The molecule has 0 amide bonds. The van der Waals surface area contributed by atoms with E-state index in [1.165, 1.54) is 13.0 Å². The lowest BCUT2D eigenvalue weighted by atomic mass is 9.84. The van der Waals surface area contributed by atoms with Gasteiger partial charge in [0.15, 0.2) is 0 Å². The summed E-state index contributed by atoms with van der Waals surface area (Å²) in [7, 11) is 0. The van der Waals surface area contributed by atoms with Crippen LogP contribution < -0.4 is 5.32 Å². The van der Waals surface area contributed by atoms with Gasteiger partial charge in [0, 0.05) is 12.6 Å². The highest BCUT2D eigenvalue weighted by molar-refractivity contribution is 4.83. The Balaban J connectivity index is 4.12. The van der Waals surface area contributed by atoms with Crippen LogP contribution in [0.25, 0.3) is 0 Å². The maximum absolute atomic E-state index is 3.60. The van der Waals surface area contributed by atoms with Crippen LogP contribution in [0.5, 0.6) is 0 Å². The summed E-state index contributed by atoms with van der Waals surface area (Å²) < 4.78 is 0. The van der Waals surface area contributed by atoms with Crippen LogP contribution in [0, 0.1) is 5.41 Å². The molecule has 0 radical (unpaired) electrons. The zero-order valence-electron chi connectivity index (χ0n) is 11.6. The quantitative estimate of drug-likeness (QED) is 0.668. The zero-order valence-corrected chi connectivity index (χ0v) is 11.6. The number of hydrogen-bond acceptors (Lipinski definition) is 2. The number of hydrogen-bond donors (Lipinski definition) is 1. The van der Waals surface area contributed by atoms with Crippen molar-refractivity contribution in [3.8, 4) is 0 Å². The van der Waals surface area contributed by atoms with Crippen LogP contribution in [0.15, 0.2) is 0 Å². The second-order valence-corrected chi connectivity index (χ2v) is 5.13. The Kier molecular flexibility index (Phi) is 7.20. The largest absolute Gasteiger partial charge is 0.314 e. The summed E-state index contributed by atoms with van der Waals surface area (Å²) in [4.78, 5) is 2.50. The second kappa shape index (κ2) is 7.24. The molecule has 0 aliphatic heterocycles. The van der Waals surface area contributed by atoms with Crippen LogP contribution in [0.1, 0.15) is 48.0 Å². The highest BCUT2D eigenvalue weighted by Crippen LogP contribution is 2.21. The van der Waals surface area contributed by atoms with Crippen molar-refractivity contribution in [2.75, 3.05) is 26.2 Å². The summed E-state index contributed by atoms with van der Waals surface area (Å²) in [5.74, 6) is 0. The first-order valence-electron chi connectivity index (χ1n) is 6.43. The third-order valence-electron chi connectivity index (χ3n) is 3.40. The monoisotopic (exact) mass is 214 g/mol. The third-order valence-corrected chi connectivity index (χ3v) is 3.40. The molecule has 0 fully saturated rings. The van der Waals surface area contributed by atoms with Gasteiger partial charge in [-0.25, -0.2) is 0 Å². The van der Waals surface area contributed by atoms with Crippen molar-refractivity contribution in [3.05, 3.63) is 0 Å². The van der Waals surface area contributed by atoms with Crippen molar-refractivity contribution in [2.24, 2.45) is 5.41 Å². The SMILES string of the molecule is CCCNC(C)C(C)(C)CN(CC)CC. The Labute approximate surface area is 96.4 Å². The minimum absolute atomic E-state index is 0.348. The Morgan fingerprint density at radius 3 is 2.07 bits per heavy atom. The second-order valence-electron chi connectivity index (χ2n) is 5.13. The molecule has 0 aliphatic rings. The van der Waals surface area contributed by atoms with Crippen molar-refractivity contribution >= 4 is 0 Å². The van der Waals surface area contributed by atoms with E-state index < -0.39 is 0 Å². The first-order chi connectivity index (χ1) is 6.97. The van der Waals surface area contributed by atoms with E-state index >= 15 is 0 Å². The molecule has 2 heteroatoms. The number of nitrogens with one attached hydrogen (secondary N) is 1. The van der Waals surface area contributed by atoms with Crippen molar-refractivity contribution in [1.82, 2.24) is 10.2 Å². The molecule has 0 saturated heterocycles. The normalized spacial score (nSPS) is 14.6. The maximum Gasteiger partial charge on any atom is 0.0102 e. The van der Waals surface area contributed by atoms with Crippen LogP contribution in [0.2, 0.25) is 0 Å². The van der Waals surface area contributed by atoms with Crippen molar-refractivity contribution < 1.29 is 0 Å². The molecule has 0 saturated carbocycles. The van der Waals surface area contributed by atoms with E-state index in [-0.39, 0.29) is 0 Å². The Hall–Kier alpha value is -0.0800. The van der Waals surface area contributed by atoms with Gasteiger partial charge >= 0.3 is 0 Å². The molecule has 0 rings (SSSR count). The van der Waals surface area contributed by atoms with Crippen molar-refractivity contribution in [3.63, 3.8) is 0 Å². The molecule has 0 bridgehead atoms. The minimum atomic E-state index is 0.348. The number of rotatable bonds is 8. The van der Waals surface area contributed by atoms with Crippen LogP contribution in [0.3, 0.4) is 0 Å². The highest BCUT2D eigenvalue weighted by Gasteiger charge is 2.26. The van der Waals surface area contributed by atoms with Gasteiger partial charge in [-0.05, 0) is 38.4 Å². The average Bonchev–Trinajstić information content (AvgIpc) is 2.22. The maximum atomic E-state index is 3.60. The topological polar surface area (TPSA) is 15.3 Å². The molecule has 0 aliphatic carbocycles. The lowest BCUT2D eigenvalue weighted by molar-refractivity contribution is 0.152. The molecule has 0 aromatic carbocycles. The fraction of sp³-hybridized carbons (Fsp3) is 1.00. The summed E-state index contributed by atoms with van der Waals surface area (Å²) in [5.41, 5.74) is 0.348. The van der Waals surface area contributed by atoms with Gasteiger partial charge in [0.2, 0.25) is 0 Å². The average molecular weight is 214 g/mol. The standard InChI is InChI=1S/C13H30N2/c1-7-10-14-12(4)13(5,6)11-15(8-2)9-3/h12,14H,7-11H2,1-6H3. The van der Waals surface area contributed by atoms with Gasteiger partial charge in [0.25, 0.3) is 0 Å².